The third-order valence-corrected chi connectivity index (χ3v) is 3.52. The number of ether oxygens (including phenoxy) is 2. The van der Waals surface area contributed by atoms with Gasteiger partial charge in [-0.2, -0.15) is 0 Å². The van der Waals surface area contributed by atoms with Crippen molar-refractivity contribution in [2.24, 2.45) is 5.41 Å². The predicted octanol–water partition coefficient (Wildman–Crippen LogP) is -0.0934. The van der Waals surface area contributed by atoms with Gasteiger partial charge in [0, 0.05) is 13.2 Å². The first-order valence-corrected chi connectivity index (χ1v) is 5.77. The summed E-state index contributed by atoms with van der Waals surface area (Å²) >= 11 is 0. The second kappa shape index (κ2) is 3.92. The van der Waals surface area contributed by atoms with Crippen molar-refractivity contribution in [3.8, 4) is 5.75 Å². The third kappa shape index (κ3) is 1.51. The van der Waals surface area contributed by atoms with E-state index in [9.17, 15) is 14.7 Å². The molecule has 1 aromatic rings. The van der Waals surface area contributed by atoms with Crippen LogP contribution in [0.25, 0.3) is 0 Å². The van der Waals surface area contributed by atoms with E-state index >= 15 is 0 Å². The van der Waals surface area contributed by atoms with E-state index in [-0.39, 0.29) is 13.2 Å². The number of aliphatic carboxylic acids is 1. The van der Waals surface area contributed by atoms with Crippen LogP contribution in [0.4, 0.5) is 5.82 Å². The average Bonchev–Trinajstić information content (AvgIpc) is 2.33. The van der Waals surface area contributed by atoms with Crippen molar-refractivity contribution in [1.29, 1.82) is 0 Å². The van der Waals surface area contributed by atoms with Crippen molar-refractivity contribution in [3.63, 3.8) is 0 Å². The first-order valence-electron chi connectivity index (χ1n) is 5.77. The van der Waals surface area contributed by atoms with E-state index in [1.807, 2.05) is 0 Å². The Morgan fingerprint density at radius 1 is 1.58 bits per heavy atom. The van der Waals surface area contributed by atoms with E-state index < -0.39 is 23.4 Å². The molecule has 7 nitrogen and oxygen atoms in total. The largest absolute Gasteiger partial charge is 0.481 e. The van der Waals surface area contributed by atoms with E-state index in [0.29, 0.717) is 11.6 Å². The summed E-state index contributed by atoms with van der Waals surface area (Å²) in [6.45, 7) is -0.0512. The first-order chi connectivity index (χ1) is 9.06. The van der Waals surface area contributed by atoms with Crippen molar-refractivity contribution in [3.05, 3.63) is 18.3 Å². The molecular formula is C12H12N2O5. The number of carbonyl (C=O) groups excluding carboxylic acids is 1. The van der Waals surface area contributed by atoms with E-state index in [1.54, 1.807) is 25.4 Å². The normalized spacial score (nSPS) is 24.2. The second-order valence-electron chi connectivity index (χ2n) is 4.67. The van der Waals surface area contributed by atoms with E-state index in [1.165, 1.54) is 4.90 Å². The lowest BCUT2D eigenvalue weighted by atomic mass is 9.79. The summed E-state index contributed by atoms with van der Waals surface area (Å²) in [6, 6.07) is 3.33. The molecule has 1 amide bonds. The molecule has 2 aliphatic heterocycles. The lowest BCUT2D eigenvalue weighted by Crippen LogP contribution is -2.64. The average molecular weight is 264 g/mol. The Kier molecular flexibility index (Phi) is 2.46. The lowest BCUT2D eigenvalue weighted by Gasteiger charge is -2.44. The van der Waals surface area contributed by atoms with Crippen LogP contribution >= 0.6 is 0 Å². The minimum absolute atomic E-state index is 0.0256. The Morgan fingerprint density at radius 2 is 2.32 bits per heavy atom. The molecule has 1 saturated heterocycles. The fourth-order valence-corrected chi connectivity index (χ4v) is 2.24. The number of amides is 1. The molecule has 0 aliphatic carbocycles. The van der Waals surface area contributed by atoms with Crippen LogP contribution in [0, 0.1) is 5.41 Å². The van der Waals surface area contributed by atoms with Crippen LogP contribution < -0.4 is 9.64 Å². The summed E-state index contributed by atoms with van der Waals surface area (Å²) in [5.74, 6) is -0.707. The van der Waals surface area contributed by atoms with Crippen molar-refractivity contribution in [1.82, 2.24) is 4.98 Å². The highest BCUT2D eigenvalue weighted by molar-refractivity contribution is 6.02. The maximum Gasteiger partial charge on any atom is 0.318 e. The first kappa shape index (κ1) is 11.9. The molecule has 1 unspecified atom stereocenters. The van der Waals surface area contributed by atoms with Gasteiger partial charge >= 0.3 is 5.97 Å². The zero-order valence-corrected chi connectivity index (χ0v) is 10.2. The van der Waals surface area contributed by atoms with Gasteiger partial charge in [-0.15, -0.1) is 0 Å². The molecule has 1 N–H and O–H groups in total. The maximum atomic E-state index is 12.3. The molecule has 19 heavy (non-hydrogen) atoms. The third-order valence-electron chi connectivity index (χ3n) is 3.52. The molecule has 1 atom stereocenters. The van der Waals surface area contributed by atoms with E-state index in [0.717, 1.165) is 0 Å². The van der Waals surface area contributed by atoms with Crippen LogP contribution in [0.3, 0.4) is 0 Å². The molecule has 7 heteroatoms. The van der Waals surface area contributed by atoms with Gasteiger partial charge < -0.3 is 14.6 Å². The molecule has 0 bridgehead atoms. The molecule has 2 aliphatic rings. The molecule has 1 aromatic heterocycles. The van der Waals surface area contributed by atoms with Crippen LogP contribution in [0.15, 0.2) is 18.3 Å². The van der Waals surface area contributed by atoms with Gasteiger partial charge in [-0.05, 0) is 12.1 Å². The Morgan fingerprint density at radius 3 is 2.89 bits per heavy atom. The Bertz CT molecular complexity index is 555. The van der Waals surface area contributed by atoms with Gasteiger partial charge in [0.15, 0.2) is 23.1 Å². The van der Waals surface area contributed by atoms with Crippen LogP contribution in [0.2, 0.25) is 0 Å². The highest BCUT2D eigenvalue weighted by Crippen LogP contribution is 2.40. The van der Waals surface area contributed by atoms with Crippen molar-refractivity contribution < 1.29 is 24.2 Å². The van der Waals surface area contributed by atoms with Crippen LogP contribution in [0.1, 0.15) is 0 Å². The summed E-state index contributed by atoms with van der Waals surface area (Å²) in [6.07, 6.45) is 0.464. The van der Waals surface area contributed by atoms with Crippen LogP contribution in [-0.4, -0.2) is 48.3 Å². The van der Waals surface area contributed by atoms with Gasteiger partial charge in [0.1, 0.15) is 0 Å². The predicted molar refractivity (Wildman–Crippen MR) is 63.0 cm³/mol. The van der Waals surface area contributed by atoms with E-state index in [4.69, 9.17) is 9.47 Å². The van der Waals surface area contributed by atoms with Gasteiger partial charge in [0.2, 0.25) is 0 Å². The number of carboxylic acid groups (broad SMARTS) is 1. The zero-order valence-electron chi connectivity index (χ0n) is 10.2. The van der Waals surface area contributed by atoms with Crippen molar-refractivity contribution in [2.75, 3.05) is 25.2 Å². The fraction of sp³-hybridized carbons (Fsp3) is 0.417. The SMILES string of the molecule is CN1C(=O)C(C2(C(=O)O)COC2)Oc2cccnc21. The second-order valence-corrected chi connectivity index (χ2v) is 4.67. The zero-order chi connectivity index (χ0) is 13.6. The number of likely N-dealkylation sites (N-methyl/N-ethyl adjacent to an activating group) is 1. The number of carboxylic acids is 1. The summed E-state index contributed by atoms with van der Waals surface area (Å²) in [5, 5.41) is 9.34. The molecule has 3 rings (SSSR count). The molecule has 0 aromatic carbocycles. The smallest absolute Gasteiger partial charge is 0.318 e. The number of aromatic nitrogens is 1. The summed E-state index contributed by atoms with van der Waals surface area (Å²) in [7, 11) is 1.55. The number of rotatable bonds is 2. The molecule has 0 saturated carbocycles. The number of pyridine rings is 1. The minimum Gasteiger partial charge on any atom is -0.481 e. The lowest BCUT2D eigenvalue weighted by molar-refractivity contribution is -0.201. The molecule has 0 spiro atoms. The quantitative estimate of drug-likeness (QED) is 0.802. The summed E-state index contributed by atoms with van der Waals surface area (Å²) < 4.78 is 10.5. The van der Waals surface area contributed by atoms with Crippen LogP contribution in [0.5, 0.6) is 5.75 Å². The Balaban J connectivity index is 2.02. The number of hydrogen-bond acceptors (Lipinski definition) is 5. The van der Waals surface area contributed by atoms with Gasteiger partial charge in [-0.3, -0.25) is 14.5 Å². The highest BCUT2D eigenvalue weighted by atomic mass is 16.5. The summed E-state index contributed by atoms with van der Waals surface area (Å²) in [5.41, 5.74) is -1.31. The summed E-state index contributed by atoms with van der Waals surface area (Å²) in [4.78, 5) is 29.1. The van der Waals surface area contributed by atoms with Crippen molar-refractivity contribution >= 4 is 17.7 Å². The number of hydrogen-bond donors (Lipinski definition) is 1. The Labute approximate surface area is 108 Å². The number of anilines is 1. The molecular weight excluding hydrogens is 252 g/mol. The highest BCUT2D eigenvalue weighted by Gasteiger charge is 2.59. The van der Waals surface area contributed by atoms with Crippen molar-refractivity contribution in [2.45, 2.75) is 6.10 Å². The monoisotopic (exact) mass is 264 g/mol. The van der Waals surface area contributed by atoms with Gasteiger partial charge in [-0.25, -0.2) is 4.98 Å². The minimum atomic E-state index is -1.31. The maximum absolute atomic E-state index is 12.3. The van der Waals surface area contributed by atoms with Gasteiger partial charge in [-0.1, -0.05) is 0 Å². The topological polar surface area (TPSA) is 89.0 Å². The molecule has 1 fully saturated rings. The van der Waals surface area contributed by atoms with Crippen LogP contribution in [-0.2, 0) is 14.3 Å². The van der Waals surface area contributed by atoms with E-state index in [2.05, 4.69) is 4.98 Å². The number of fused-ring (bicyclic) bond motifs is 1. The fourth-order valence-electron chi connectivity index (χ4n) is 2.24. The Hall–Kier alpha value is -2.15. The molecule has 100 valence electrons. The number of nitrogens with zero attached hydrogens (tertiary/aromatic N) is 2. The van der Waals surface area contributed by atoms with Gasteiger partial charge in [0.25, 0.3) is 5.91 Å². The number of carbonyl (C=O) groups is 2. The molecule has 0 radical (unpaired) electrons. The molecule has 3 heterocycles. The van der Waals surface area contributed by atoms with Gasteiger partial charge in [0.05, 0.1) is 13.2 Å². The standard InChI is InChI=1S/C12H12N2O5/c1-14-9-7(3-2-4-13-9)19-8(10(14)15)12(11(16)17)5-18-6-12/h2-4,8H,5-6H2,1H3,(H,16,17).